The second kappa shape index (κ2) is 8.23. The van der Waals surface area contributed by atoms with Gasteiger partial charge in [-0.2, -0.15) is 0 Å². The van der Waals surface area contributed by atoms with Crippen molar-refractivity contribution in [2.45, 2.75) is 53.4 Å². The zero-order valence-corrected chi connectivity index (χ0v) is 15.8. The van der Waals surface area contributed by atoms with E-state index in [1.54, 1.807) is 4.90 Å². The van der Waals surface area contributed by atoms with E-state index in [9.17, 15) is 9.59 Å². The number of carbonyl (C=O) groups excluding carboxylic acids is 2. The molecule has 138 valence electrons. The minimum absolute atomic E-state index is 0.100. The molecule has 1 aliphatic heterocycles. The monoisotopic (exact) mass is 346 g/mol. The van der Waals surface area contributed by atoms with Crippen molar-refractivity contribution in [3.05, 3.63) is 16.7 Å². The normalized spacial score (nSPS) is 14.1. The first kappa shape index (κ1) is 19.1. The fourth-order valence-corrected chi connectivity index (χ4v) is 3.70. The fourth-order valence-electron chi connectivity index (χ4n) is 3.70. The number of nitrogens with one attached hydrogen (secondary N) is 2. The van der Waals surface area contributed by atoms with Crippen LogP contribution in [-0.4, -0.2) is 31.4 Å². The van der Waals surface area contributed by atoms with Crippen molar-refractivity contribution < 1.29 is 9.59 Å². The van der Waals surface area contributed by atoms with E-state index in [0.29, 0.717) is 18.5 Å². The predicted octanol–water partition coefficient (Wildman–Crippen LogP) is 3.04. The van der Waals surface area contributed by atoms with Crippen molar-refractivity contribution in [2.75, 3.05) is 35.2 Å². The van der Waals surface area contributed by atoms with Crippen LogP contribution >= 0.6 is 0 Å². The Balaban J connectivity index is 2.84. The van der Waals surface area contributed by atoms with Crippen LogP contribution in [0.1, 0.15) is 61.5 Å². The quantitative estimate of drug-likeness (QED) is 0.675. The van der Waals surface area contributed by atoms with Gasteiger partial charge in [0.1, 0.15) is 0 Å². The van der Waals surface area contributed by atoms with Crippen molar-refractivity contribution in [2.24, 2.45) is 5.73 Å². The van der Waals surface area contributed by atoms with Crippen LogP contribution in [0.3, 0.4) is 0 Å². The lowest BCUT2D eigenvalue weighted by atomic mass is 9.92. The number of primary amides is 1. The van der Waals surface area contributed by atoms with Gasteiger partial charge in [0.2, 0.25) is 11.8 Å². The van der Waals surface area contributed by atoms with E-state index in [0.717, 1.165) is 60.5 Å². The molecule has 25 heavy (non-hydrogen) atoms. The van der Waals surface area contributed by atoms with Crippen molar-refractivity contribution in [3.63, 3.8) is 0 Å². The first-order chi connectivity index (χ1) is 12.0. The molecule has 0 unspecified atom stereocenters. The Labute approximate surface area is 150 Å². The van der Waals surface area contributed by atoms with Gasteiger partial charge in [0.25, 0.3) is 0 Å². The molecule has 1 aliphatic rings. The molecular formula is C19H30N4O2. The Hall–Kier alpha value is -2.24. The van der Waals surface area contributed by atoms with Crippen LogP contribution in [0.4, 0.5) is 17.1 Å². The van der Waals surface area contributed by atoms with Crippen LogP contribution in [0, 0.1) is 6.92 Å². The van der Waals surface area contributed by atoms with E-state index in [4.69, 9.17) is 5.73 Å². The molecule has 0 aliphatic carbocycles. The third-order valence-corrected chi connectivity index (χ3v) is 4.62. The maximum Gasteiger partial charge on any atom is 0.249 e. The van der Waals surface area contributed by atoms with Crippen LogP contribution in [-0.2, 0) is 11.2 Å². The summed E-state index contributed by atoms with van der Waals surface area (Å²) in [6.45, 7) is 10.2. The summed E-state index contributed by atoms with van der Waals surface area (Å²) in [5, 5.41) is 6.83. The van der Waals surface area contributed by atoms with E-state index >= 15 is 0 Å². The molecule has 6 heteroatoms. The molecule has 0 bridgehead atoms. The highest BCUT2D eigenvalue weighted by molar-refractivity contribution is 6.08. The Morgan fingerprint density at radius 2 is 1.80 bits per heavy atom. The van der Waals surface area contributed by atoms with Gasteiger partial charge >= 0.3 is 0 Å². The number of nitrogens with two attached hydrogens (primary N) is 1. The summed E-state index contributed by atoms with van der Waals surface area (Å²) >= 11 is 0. The number of rotatable bonds is 8. The third-order valence-electron chi connectivity index (χ3n) is 4.62. The minimum Gasteiger partial charge on any atom is -0.383 e. The average molecular weight is 346 g/mol. The zero-order valence-electron chi connectivity index (χ0n) is 15.8. The van der Waals surface area contributed by atoms with Crippen molar-refractivity contribution in [3.8, 4) is 0 Å². The van der Waals surface area contributed by atoms with Gasteiger partial charge in [0.05, 0.1) is 17.1 Å². The second-order valence-electron chi connectivity index (χ2n) is 6.40. The number of amides is 2. The van der Waals surface area contributed by atoms with Gasteiger partial charge in [-0.25, -0.2) is 0 Å². The van der Waals surface area contributed by atoms with Gasteiger partial charge in [-0.15, -0.1) is 0 Å². The molecule has 1 fully saturated rings. The van der Waals surface area contributed by atoms with Gasteiger partial charge in [-0.3, -0.25) is 9.59 Å². The molecule has 0 atom stereocenters. The number of nitrogens with zero attached hydrogens (tertiary/aromatic N) is 1. The lowest BCUT2D eigenvalue weighted by Crippen LogP contribution is -2.29. The highest BCUT2D eigenvalue weighted by atomic mass is 16.2. The lowest BCUT2D eigenvalue weighted by Gasteiger charge is -2.29. The third kappa shape index (κ3) is 3.57. The SMILES string of the molecule is CCCc1c(NCC)c(NCC)c(N2CCCC2=O)c(C)c1C(N)=O. The first-order valence-electron chi connectivity index (χ1n) is 9.25. The molecule has 1 heterocycles. The smallest absolute Gasteiger partial charge is 0.249 e. The summed E-state index contributed by atoms with van der Waals surface area (Å²) in [6.07, 6.45) is 3.05. The number of benzene rings is 1. The average Bonchev–Trinajstić information content (AvgIpc) is 2.97. The van der Waals surface area contributed by atoms with Crippen LogP contribution in [0.2, 0.25) is 0 Å². The maximum atomic E-state index is 12.4. The van der Waals surface area contributed by atoms with E-state index < -0.39 is 5.91 Å². The molecular weight excluding hydrogens is 316 g/mol. The van der Waals surface area contributed by atoms with Crippen molar-refractivity contribution in [1.29, 1.82) is 0 Å². The molecule has 0 spiro atoms. The molecule has 1 saturated heterocycles. The van der Waals surface area contributed by atoms with Gasteiger partial charge in [0.15, 0.2) is 0 Å². The van der Waals surface area contributed by atoms with Gasteiger partial charge < -0.3 is 21.3 Å². The molecule has 0 saturated carbocycles. The highest BCUT2D eigenvalue weighted by Crippen LogP contribution is 2.44. The van der Waals surface area contributed by atoms with Crippen molar-refractivity contribution in [1.82, 2.24) is 0 Å². The van der Waals surface area contributed by atoms with Crippen LogP contribution < -0.4 is 21.3 Å². The summed E-state index contributed by atoms with van der Waals surface area (Å²) in [5.41, 5.74) is 10.6. The topological polar surface area (TPSA) is 87.5 Å². The van der Waals surface area contributed by atoms with E-state index in [-0.39, 0.29) is 5.91 Å². The molecule has 0 aromatic heterocycles. The summed E-state index contributed by atoms with van der Waals surface area (Å²) in [7, 11) is 0. The molecule has 1 aromatic carbocycles. The summed E-state index contributed by atoms with van der Waals surface area (Å²) in [4.78, 5) is 26.5. The number of carbonyl (C=O) groups is 2. The molecule has 6 nitrogen and oxygen atoms in total. The van der Waals surface area contributed by atoms with Crippen LogP contribution in [0.5, 0.6) is 0 Å². The second-order valence-corrected chi connectivity index (χ2v) is 6.40. The van der Waals surface area contributed by atoms with Gasteiger partial charge in [-0.05, 0) is 44.7 Å². The Morgan fingerprint density at radius 1 is 1.16 bits per heavy atom. The molecule has 2 amide bonds. The zero-order chi connectivity index (χ0) is 18.6. The van der Waals surface area contributed by atoms with E-state index in [1.165, 1.54) is 0 Å². The Kier molecular flexibility index (Phi) is 6.28. The molecule has 1 aromatic rings. The number of hydrogen-bond donors (Lipinski definition) is 3. The lowest BCUT2D eigenvalue weighted by molar-refractivity contribution is -0.117. The Morgan fingerprint density at radius 3 is 2.28 bits per heavy atom. The highest BCUT2D eigenvalue weighted by Gasteiger charge is 2.31. The standard InChI is InChI=1S/C19H30N4O2/c1-5-9-13-15(19(20)25)12(4)18(23-11-8-10-14(23)24)17(22-7-3)16(13)21-6-2/h21-22H,5-11H2,1-4H3,(H2,20,25). The largest absolute Gasteiger partial charge is 0.383 e. The summed E-state index contributed by atoms with van der Waals surface area (Å²) in [6, 6.07) is 0. The maximum absolute atomic E-state index is 12.4. The molecule has 2 rings (SSSR count). The van der Waals surface area contributed by atoms with Gasteiger partial charge in [-0.1, -0.05) is 13.3 Å². The predicted molar refractivity (Wildman–Crippen MR) is 104 cm³/mol. The minimum atomic E-state index is -0.434. The van der Waals surface area contributed by atoms with E-state index in [1.807, 2.05) is 20.8 Å². The Bertz CT molecular complexity index is 670. The summed E-state index contributed by atoms with van der Waals surface area (Å²) < 4.78 is 0. The van der Waals surface area contributed by atoms with Crippen molar-refractivity contribution >= 4 is 28.9 Å². The first-order valence-corrected chi connectivity index (χ1v) is 9.25. The molecule has 0 radical (unpaired) electrons. The van der Waals surface area contributed by atoms with Crippen LogP contribution in [0.15, 0.2) is 0 Å². The fraction of sp³-hybridized carbons (Fsp3) is 0.579. The molecule has 4 N–H and O–H groups in total. The number of hydrogen-bond acceptors (Lipinski definition) is 4. The summed E-state index contributed by atoms with van der Waals surface area (Å²) in [5.74, 6) is -0.334. The van der Waals surface area contributed by atoms with Gasteiger partial charge in [0, 0.05) is 31.6 Å². The number of anilines is 3. The van der Waals surface area contributed by atoms with E-state index in [2.05, 4.69) is 17.6 Å². The van der Waals surface area contributed by atoms with Crippen LogP contribution in [0.25, 0.3) is 0 Å².